The van der Waals surface area contributed by atoms with Gasteiger partial charge >= 0.3 is 5.97 Å². The molecule has 0 saturated carbocycles. The van der Waals surface area contributed by atoms with Crippen molar-refractivity contribution in [2.45, 2.75) is 46.4 Å². The molecule has 0 amide bonds. The van der Waals surface area contributed by atoms with Crippen LogP contribution in [0, 0.1) is 5.41 Å². The van der Waals surface area contributed by atoms with Crippen LogP contribution in [0.5, 0.6) is 0 Å². The summed E-state index contributed by atoms with van der Waals surface area (Å²) in [7, 11) is -1.32. The van der Waals surface area contributed by atoms with Crippen LogP contribution in [0.3, 0.4) is 0 Å². The van der Waals surface area contributed by atoms with E-state index in [2.05, 4.69) is 6.58 Å². The fourth-order valence-corrected chi connectivity index (χ4v) is 2.81. The minimum atomic E-state index is -1.32. The zero-order valence-electron chi connectivity index (χ0n) is 10.5. The predicted octanol–water partition coefficient (Wildman–Crippen LogP) is 2.43. The number of aliphatic carboxylic acids is 1. The maximum atomic E-state index is 11.0. The van der Waals surface area contributed by atoms with E-state index in [9.17, 15) is 4.79 Å². The van der Waals surface area contributed by atoms with Gasteiger partial charge < -0.3 is 9.53 Å². The topological polar surface area (TPSA) is 46.5 Å². The number of hydrogen-bond acceptors (Lipinski definition) is 2. The highest BCUT2D eigenvalue weighted by molar-refractivity contribution is 6.48. The Bertz CT molecular complexity index is 265. The fourth-order valence-electron chi connectivity index (χ4n) is 1.38. The number of hydrogen-bond donors (Lipinski definition) is 1. The molecular weight excluding hydrogens is 208 g/mol. The van der Waals surface area contributed by atoms with E-state index in [-0.39, 0.29) is 11.0 Å². The first-order valence-electron chi connectivity index (χ1n) is 5.13. The summed E-state index contributed by atoms with van der Waals surface area (Å²) in [6.07, 6.45) is 0. The average molecular weight is 230 g/mol. The molecule has 0 heterocycles. The van der Waals surface area contributed by atoms with Crippen molar-refractivity contribution in [3.8, 4) is 0 Å². The van der Waals surface area contributed by atoms with Gasteiger partial charge in [-0.15, -0.1) is 0 Å². The molecular formula is C11H22O3Si. The molecule has 1 atom stereocenters. The van der Waals surface area contributed by atoms with Crippen LogP contribution in [-0.4, -0.2) is 25.7 Å². The van der Waals surface area contributed by atoms with Crippen molar-refractivity contribution in [1.29, 1.82) is 0 Å². The molecule has 1 N–H and O–H groups in total. The van der Waals surface area contributed by atoms with Crippen LogP contribution in [0.25, 0.3) is 0 Å². The molecule has 0 radical (unpaired) electrons. The van der Waals surface area contributed by atoms with Crippen molar-refractivity contribution in [2.24, 2.45) is 5.41 Å². The number of rotatable bonds is 4. The molecule has 0 aromatic carbocycles. The van der Waals surface area contributed by atoms with Gasteiger partial charge in [0.2, 0.25) is 0 Å². The minimum Gasteiger partial charge on any atom is -0.478 e. The summed E-state index contributed by atoms with van der Waals surface area (Å²) >= 11 is 0. The van der Waals surface area contributed by atoms with Gasteiger partial charge in [-0.3, -0.25) is 0 Å². The summed E-state index contributed by atoms with van der Waals surface area (Å²) < 4.78 is 5.88. The van der Waals surface area contributed by atoms with Crippen LogP contribution in [-0.2, 0) is 9.22 Å². The van der Waals surface area contributed by atoms with E-state index >= 15 is 0 Å². The molecule has 4 heteroatoms. The highest BCUT2D eigenvalue weighted by Crippen LogP contribution is 2.39. The third kappa shape index (κ3) is 3.17. The van der Waals surface area contributed by atoms with E-state index in [0.29, 0.717) is 0 Å². The Labute approximate surface area is 93.9 Å². The largest absolute Gasteiger partial charge is 0.478 e. The van der Waals surface area contributed by atoms with E-state index in [4.69, 9.17) is 9.53 Å². The summed E-state index contributed by atoms with van der Waals surface area (Å²) in [5, 5.41) is 9.03. The third-order valence-corrected chi connectivity index (χ3v) is 3.68. The van der Waals surface area contributed by atoms with Gasteiger partial charge in [0.1, 0.15) is 0 Å². The Morgan fingerprint density at radius 1 is 1.27 bits per heavy atom. The van der Waals surface area contributed by atoms with Gasteiger partial charge in [-0.05, 0) is 25.4 Å². The molecule has 3 nitrogen and oxygen atoms in total. The van der Waals surface area contributed by atoms with E-state index in [0.717, 1.165) is 0 Å². The van der Waals surface area contributed by atoms with Crippen LogP contribution in [0.15, 0.2) is 12.2 Å². The zero-order valence-corrected chi connectivity index (χ0v) is 11.7. The molecule has 0 fully saturated rings. The van der Waals surface area contributed by atoms with Crippen molar-refractivity contribution in [3.63, 3.8) is 0 Å². The van der Waals surface area contributed by atoms with E-state index in [1.165, 1.54) is 0 Å². The molecule has 0 aromatic heterocycles. The molecule has 88 valence electrons. The Morgan fingerprint density at radius 3 is 1.87 bits per heavy atom. The molecule has 0 aliphatic heterocycles. The molecule has 15 heavy (non-hydrogen) atoms. The van der Waals surface area contributed by atoms with Crippen molar-refractivity contribution in [1.82, 2.24) is 0 Å². The Hall–Kier alpha value is -0.613. The van der Waals surface area contributed by atoms with Gasteiger partial charge in [-0.1, -0.05) is 27.4 Å². The molecule has 0 spiro atoms. The van der Waals surface area contributed by atoms with Crippen LogP contribution in [0.1, 0.15) is 27.7 Å². The van der Waals surface area contributed by atoms with Gasteiger partial charge in [-0.25, -0.2) is 4.79 Å². The van der Waals surface area contributed by atoms with Crippen molar-refractivity contribution < 1.29 is 14.3 Å². The Balaban J connectivity index is 5.21. The molecule has 0 bridgehead atoms. The number of carbonyl (C=O) groups is 1. The van der Waals surface area contributed by atoms with E-state index in [1.807, 2.05) is 40.8 Å². The molecule has 0 aliphatic carbocycles. The maximum Gasteiger partial charge on any atom is 0.333 e. The minimum absolute atomic E-state index is 0.135. The lowest BCUT2D eigenvalue weighted by atomic mass is 9.73. The second kappa shape index (κ2) is 4.49. The summed E-state index contributed by atoms with van der Waals surface area (Å²) in [5.41, 5.74) is -0.935. The first-order valence-corrected chi connectivity index (χ1v) is 7.91. The lowest BCUT2D eigenvalue weighted by Gasteiger charge is -2.43. The lowest BCUT2D eigenvalue weighted by molar-refractivity contribution is -0.136. The normalized spacial score (nSPS) is 16.2. The summed E-state index contributed by atoms with van der Waals surface area (Å²) in [6, 6.07) is 0. The van der Waals surface area contributed by atoms with Gasteiger partial charge in [0.05, 0.1) is 11.2 Å². The second-order valence-corrected chi connectivity index (χ2v) is 7.57. The second-order valence-electron chi connectivity index (χ2n) is 5.23. The van der Waals surface area contributed by atoms with Crippen LogP contribution in [0.4, 0.5) is 0 Å². The molecule has 0 rings (SSSR count). The van der Waals surface area contributed by atoms with Crippen molar-refractivity contribution >= 4 is 15.0 Å². The lowest BCUT2D eigenvalue weighted by Crippen LogP contribution is -2.48. The van der Waals surface area contributed by atoms with E-state index in [1.54, 1.807) is 0 Å². The summed E-state index contributed by atoms with van der Waals surface area (Å²) in [5.74, 6) is -0.984. The first-order chi connectivity index (χ1) is 6.52. The van der Waals surface area contributed by atoms with Crippen molar-refractivity contribution in [3.05, 3.63) is 12.2 Å². The Morgan fingerprint density at radius 2 is 1.67 bits per heavy atom. The monoisotopic (exact) mass is 230 g/mol. The smallest absolute Gasteiger partial charge is 0.333 e. The standard InChI is InChI=1S/C11H22O3Si/c1-8(9(12)13)11(5,10(2,3)4)14-15(6)7/h15H,1H2,2-7H3,(H,12,13)/t11-/m0/s1. The summed E-state index contributed by atoms with van der Waals surface area (Å²) in [4.78, 5) is 11.0. The van der Waals surface area contributed by atoms with Crippen LogP contribution < -0.4 is 0 Å². The maximum absolute atomic E-state index is 11.0. The van der Waals surface area contributed by atoms with Gasteiger partial charge in [-0.2, -0.15) is 0 Å². The fraction of sp³-hybridized carbons (Fsp3) is 0.727. The van der Waals surface area contributed by atoms with Crippen molar-refractivity contribution in [2.75, 3.05) is 0 Å². The number of carboxylic acid groups (broad SMARTS) is 1. The molecule has 0 aromatic rings. The van der Waals surface area contributed by atoms with Gasteiger partial charge in [0, 0.05) is 0 Å². The van der Waals surface area contributed by atoms with Crippen LogP contribution >= 0.6 is 0 Å². The third-order valence-electron chi connectivity index (χ3n) is 2.74. The highest BCUT2D eigenvalue weighted by atomic mass is 28.3. The predicted molar refractivity (Wildman–Crippen MR) is 64.6 cm³/mol. The van der Waals surface area contributed by atoms with Gasteiger partial charge in [0.25, 0.3) is 0 Å². The molecule has 0 unspecified atom stereocenters. The highest BCUT2D eigenvalue weighted by Gasteiger charge is 2.44. The quantitative estimate of drug-likeness (QED) is 0.596. The SMILES string of the molecule is C=C(C(=O)O)[C@](C)(O[SiH](C)C)C(C)(C)C. The van der Waals surface area contributed by atoms with E-state index < -0.39 is 20.6 Å². The molecule has 0 saturated heterocycles. The van der Waals surface area contributed by atoms with Gasteiger partial charge in [0.15, 0.2) is 9.04 Å². The Kier molecular flexibility index (Phi) is 4.31. The first kappa shape index (κ1) is 14.4. The van der Waals surface area contributed by atoms with Crippen LogP contribution in [0.2, 0.25) is 13.1 Å². The summed E-state index contributed by atoms with van der Waals surface area (Å²) in [6.45, 7) is 15.4. The average Bonchev–Trinajstić information content (AvgIpc) is 1.99. The molecule has 0 aliphatic rings. The zero-order chi connectivity index (χ0) is 12.4. The number of carboxylic acids is 1.